The van der Waals surface area contributed by atoms with Gasteiger partial charge in [0.15, 0.2) is 6.61 Å². The van der Waals surface area contributed by atoms with Gasteiger partial charge in [0.05, 0.1) is 0 Å². The zero-order valence-electron chi connectivity index (χ0n) is 14.9. The third kappa shape index (κ3) is 3.59. The molecule has 1 aliphatic rings. The van der Waals surface area contributed by atoms with Crippen LogP contribution in [-0.4, -0.2) is 46.7 Å². The molecule has 2 atom stereocenters. The summed E-state index contributed by atoms with van der Waals surface area (Å²) in [6.07, 6.45) is 1.08. The first-order valence-electron chi connectivity index (χ1n) is 8.75. The Labute approximate surface area is 152 Å². The monoisotopic (exact) mass is 357 g/mol. The largest absolute Gasteiger partial charge is 0.507 e. The fourth-order valence-electron chi connectivity index (χ4n) is 3.66. The van der Waals surface area contributed by atoms with Gasteiger partial charge in [-0.15, -0.1) is 0 Å². The van der Waals surface area contributed by atoms with Crippen LogP contribution in [-0.2, 0) is 9.53 Å². The van der Waals surface area contributed by atoms with Gasteiger partial charge < -0.3 is 19.8 Å². The van der Waals surface area contributed by atoms with Crippen molar-refractivity contribution in [2.24, 2.45) is 11.8 Å². The van der Waals surface area contributed by atoms with Crippen molar-refractivity contribution in [3.63, 3.8) is 0 Å². The lowest BCUT2D eigenvalue weighted by Gasteiger charge is -2.34. The topological polar surface area (TPSA) is 87.1 Å². The molecule has 6 nitrogen and oxygen atoms in total. The number of hydrogen-bond acceptors (Lipinski definition) is 5. The number of carbonyl (C=O) groups is 2. The minimum absolute atomic E-state index is 0.129. The van der Waals surface area contributed by atoms with Crippen molar-refractivity contribution >= 4 is 22.6 Å². The Morgan fingerprint density at radius 2 is 1.73 bits per heavy atom. The number of fused-ring (bicyclic) bond motifs is 1. The normalized spacial score (nSPS) is 20.2. The average molecular weight is 357 g/mol. The second-order valence-corrected chi connectivity index (χ2v) is 7.16. The zero-order valence-corrected chi connectivity index (χ0v) is 14.9. The predicted molar refractivity (Wildman–Crippen MR) is 97.1 cm³/mol. The third-order valence-corrected chi connectivity index (χ3v) is 4.76. The van der Waals surface area contributed by atoms with Gasteiger partial charge in [-0.05, 0) is 24.3 Å². The number of benzene rings is 2. The first kappa shape index (κ1) is 18.0. The highest BCUT2D eigenvalue weighted by molar-refractivity contribution is 6.04. The number of likely N-dealkylation sites (tertiary alicyclic amines) is 1. The van der Waals surface area contributed by atoms with Gasteiger partial charge in [-0.2, -0.15) is 0 Å². The maximum absolute atomic E-state index is 12.3. The standard InChI is InChI=1S/C20H23NO5/c1-12-7-13(2)10-21(9-12)18(23)11-26-20(25)16-8-17(22)14-5-3-4-6-15(14)19(16)24/h3-6,8,12-13,22,24H,7,9-11H2,1-2H3/t12-,13-/m1/s1. The molecule has 0 aromatic heterocycles. The van der Waals surface area contributed by atoms with E-state index in [2.05, 4.69) is 13.8 Å². The second kappa shape index (κ2) is 7.23. The molecule has 0 aliphatic carbocycles. The van der Waals surface area contributed by atoms with Crippen LogP contribution in [0.4, 0.5) is 0 Å². The van der Waals surface area contributed by atoms with E-state index in [0.29, 0.717) is 35.7 Å². The Morgan fingerprint density at radius 1 is 1.12 bits per heavy atom. The number of ether oxygens (including phenoxy) is 1. The summed E-state index contributed by atoms with van der Waals surface area (Å²) in [4.78, 5) is 26.4. The van der Waals surface area contributed by atoms with E-state index in [-0.39, 0.29) is 29.6 Å². The Morgan fingerprint density at radius 3 is 2.38 bits per heavy atom. The highest BCUT2D eigenvalue weighted by Gasteiger charge is 2.26. The van der Waals surface area contributed by atoms with E-state index in [9.17, 15) is 19.8 Å². The van der Waals surface area contributed by atoms with Crippen LogP contribution >= 0.6 is 0 Å². The van der Waals surface area contributed by atoms with Crippen molar-refractivity contribution in [2.75, 3.05) is 19.7 Å². The number of phenolic OH excluding ortho intramolecular Hbond substituents is 2. The van der Waals surface area contributed by atoms with Crippen LogP contribution in [0.3, 0.4) is 0 Å². The third-order valence-electron chi connectivity index (χ3n) is 4.76. The van der Waals surface area contributed by atoms with Crippen LogP contribution in [0.1, 0.15) is 30.6 Å². The number of amides is 1. The molecule has 2 aromatic carbocycles. The molecule has 3 rings (SSSR count). The molecule has 1 fully saturated rings. The lowest BCUT2D eigenvalue weighted by Crippen LogP contribution is -2.44. The van der Waals surface area contributed by atoms with Gasteiger partial charge in [0.25, 0.3) is 5.91 Å². The molecule has 0 bridgehead atoms. The van der Waals surface area contributed by atoms with Crippen molar-refractivity contribution in [3.8, 4) is 11.5 Å². The molecule has 2 aromatic rings. The quantitative estimate of drug-likeness (QED) is 0.651. The summed E-state index contributed by atoms with van der Waals surface area (Å²) in [7, 11) is 0. The first-order chi connectivity index (χ1) is 12.4. The number of rotatable bonds is 3. The number of phenols is 2. The van der Waals surface area contributed by atoms with Gasteiger partial charge in [-0.3, -0.25) is 4.79 Å². The Bertz CT molecular complexity index is 837. The molecular weight excluding hydrogens is 334 g/mol. The summed E-state index contributed by atoms with van der Waals surface area (Å²) in [6, 6.07) is 7.82. The van der Waals surface area contributed by atoms with Crippen molar-refractivity contribution < 1.29 is 24.5 Å². The lowest BCUT2D eigenvalue weighted by molar-refractivity contribution is -0.137. The summed E-state index contributed by atoms with van der Waals surface area (Å²) < 4.78 is 5.10. The maximum Gasteiger partial charge on any atom is 0.342 e. The van der Waals surface area contributed by atoms with Crippen molar-refractivity contribution in [2.45, 2.75) is 20.3 Å². The number of piperidine rings is 1. The Hall–Kier alpha value is -2.76. The van der Waals surface area contributed by atoms with Crippen LogP contribution in [0.2, 0.25) is 0 Å². The van der Waals surface area contributed by atoms with Crippen LogP contribution in [0.5, 0.6) is 11.5 Å². The van der Waals surface area contributed by atoms with Crippen LogP contribution < -0.4 is 0 Å². The summed E-state index contributed by atoms with van der Waals surface area (Å²) in [5.74, 6) is -0.651. The van der Waals surface area contributed by atoms with Crippen LogP contribution in [0, 0.1) is 11.8 Å². The predicted octanol–water partition coefficient (Wildman–Crippen LogP) is 2.91. The molecule has 1 amide bonds. The highest BCUT2D eigenvalue weighted by atomic mass is 16.5. The average Bonchev–Trinajstić information content (AvgIpc) is 2.61. The number of carbonyl (C=O) groups excluding carboxylic acids is 2. The summed E-state index contributed by atoms with van der Waals surface area (Å²) >= 11 is 0. The molecule has 26 heavy (non-hydrogen) atoms. The summed E-state index contributed by atoms with van der Waals surface area (Å²) in [6.45, 7) is 5.12. The minimum atomic E-state index is -0.838. The molecule has 0 spiro atoms. The number of aromatic hydroxyl groups is 2. The first-order valence-corrected chi connectivity index (χ1v) is 8.75. The van der Waals surface area contributed by atoms with Gasteiger partial charge in [-0.1, -0.05) is 38.1 Å². The van der Waals surface area contributed by atoms with Gasteiger partial charge in [-0.25, -0.2) is 4.79 Å². The van der Waals surface area contributed by atoms with E-state index in [1.165, 1.54) is 0 Å². The molecule has 0 saturated carbocycles. The lowest BCUT2D eigenvalue weighted by atomic mass is 9.92. The molecule has 1 aliphatic heterocycles. The van der Waals surface area contributed by atoms with E-state index in [1.807, 2.05) is 0 Å². The van der Waals surface area contributed by atoms with Gasteiger partial charge in [0, 0.05) is 23.9 Å². The molecule has 2 N–H and O–H groups in total. The van der Waals surface area contributed by atoms with E-state index in [0.717, 1.165) is 12.5 Å². The fraction of sp³-hybridized carbons (Fsp3) is 0.400. The molecule has 138 valence electrons. The molecule has 0 radical (unpaired) electrons. The van der Waals surface area contributed by atoms with Crippen molar-refractivity contribution in [3.05, 3.63) is 35.9 Å². The molecule has 0 unspecified atom stereocenters. The molecule has 1 heterocycles. The number of nitrogens with zero attached hydrogens (tertiary/aromatic N) is 1. The van der Waals surface area contributed by atoms with E-state index in [1.54, 1.807) is 29.2 Å². The number of esters is 1. The molecule has 1 saturated heterocycles. The maximum atomic E-state index is 12.3. The van der Waals surface area contributed by atoms with E-state index >= 15 is 0 Å². The highest BCUT2D eigenvalue weighted by Crippen LogP contribution is 2.35. The SMILES string of the molecule is C[C@@H]1C[C@@H](C)CN(C(=O)COC(=O)c2cc(O)c3ccccc3c2O)C1. The van der Waals surface area contributed by atoms with Crippen LogP contribution in [0.15, 0.2) is 30.3 Å². The van der Waals surface area contributed by atoms with Gasteiger partial charge >= 0.3 is 5.97 Å². The molecular formula is C20H23NO5. The van der Waals surface area contributed by atoms with Gasteiger partial charge in [0.2, 0.25) is 0 Å². The van der Waals surface area contributed by atoms with Crippen molar-refractivity contribution in [1.82, 2.24) is 4.90 Å². The fourth-order valence-corrected chi connectivity index (χ4v) is 3.66. The van der Waals surface area contributed by atoms with E-state index < -0.39 is 5.97 Å². The van der Waals surface area contributed by atoms with Gasteiger partial charge in [0.1, 0.15) is 17.1 Å². The summed E-state index contributed by atoms with van der Waals surface area (Å²) in [5.41, 5.74) is -0.158. The molecule has 6 heteroatoms. The second-order valence-electron chi connectivity index (χ2n) is 7.16. The smallest absolute Gasteiger partial charge is 0.342 e. The van der Waals surface area contributed by atoms with Crippen molar-refractivity contribution in [1.29, 1.82) is 0 Å². The summed E-state index contributed by atoms with van der Waals surface area (Å²) in [5, 5.41) is 21.2. The Balaban J connectivity index is 1.71. The minimum Gasteiger partial charge on any atom is -0.507 e. The zero-order chi connectivity index (χ0) is 18.8. The number of hydrogen-bond donors (Lipinski definition) is 2. The Kier molecular flexibility index (Phi) is 5.02. The van der Waals surface area contributed by atoms with E-state index in [4.69, 9.17) is 4.74 Å². The van der Waals surface area contributed by atoms with Crippen LogP contribution in [0.25, 0.3) is 10.8 Å².